The first kappa shape index (κ1) is 21.5. The maximum Gasteiger partial charge on any atom is 0.350 e. The smallest absolute Gasteiger partial charge is 0.350 e. The molecule has 0 aliphatic carbocycles. The molecule has 1 amide bonds. The number of aryl methyl sites for hydroxylation is 2. The van der Waals surface area contributed by atoms with Crippen molar-refractivity contribution in [2.45, 2.75) is 38.9 Å². The number of rotatable bonds is 7. The van der Waals surface area contributed by atoms with E-state index < -0.39 is 11.9 Å². The summed E-state index contributed by atoms with van der Waals surface area (Å²) in [5.74, 6) is -0.888. The van der Waals surface area contributed by atoms with Crippen LogP contribution in [0.15, 0.2) is 16.0 Å². The molecule has 8 nitrogen and oxygen atoms in total. The number of carbonyl (C=O) groups is 2. The van der Waals surface area contributed by atoms with E-state index >= 15 is 0 Å². The number of fused-ring (bicyclic) bond motifs is 1. The van der Waals surface area contributed by atoms with Gasteiger partial charge in [-0.3, -0.25) is 14.2 Å². The van der Waals surface area contributed by atoms with Gasteiger partial charge in [0, 0.05) is 4.88 Å². The lowest BCUT2D eigenvalue weighted by atomic mass is 10.3. The van der Waals surface area contributed by atoms with Crippen molar-refractivity contribution in [2.75, 3.05) is 18.2 Å². The first-order valence-electron chi connectivity index (χ1n) is 8.89. The van der Waals surface area contributed by atoms with Gasteiger partial charge in [-0.15, -0.1) is 11.3 Å². The number of nitrogens with one attached hydrogen (secondary N) is 1. The van der Waals surface area contributed by atoms with Gasteiger partial charge in [0.2, 0.25) is 5.91 Å². The molecule has 0 fully saturated rings. The first-order valence-corrected chi connectivity index (χ1v) is 11.7. The molecule has 0 spiro atoms. The van der Waals surface area contributed by atoms with Crippen molar-refractivity contribution in [3.63, 3.8) is 0 Å². The molecule has 0 aromatic carbocycles. The molecule has 0 aliphatic rings. The fraction of sp³-hybridized carbons (Fsp3) is 0.389. The van der Waals surface area contributed by atoms with Crippen molar-refractivity contribution in [3.05, 3.63) is 31.9 Å². The number of amides is 1. The predicted octanol–water partition coefficient (Wildman–Crippen LogP) is 3.32. The minimum atomic E-state index is -0.470. The summed E-state index contributed by atoms with van der Waals surface area (Å²) in [6.45, 7) is 5.49. The minimum absolute atomic E-state index is 0.192. The molecule has 154 valence electrons. The second kappa shape index (κ2) is 9.06. The van der Waals surface area contributed by atoms with Crippen molar-refractivity contribution in [3.8, 4) is 0 Å². The summed E-state index contributed by atoms with van der Waals surface area (Å²) in [5, 5.41) is 3.94. The summed E-state index contributed by atoms with van der Waals surface area (Å²) in [5.41, 5.74) is 0.243. The molecule has 11 heteroatoms. The highest BCUT2D eigenvalue weighted by Gasteiger charge is 2.19. The lowest BCUT2D eigenvalue weighted by Crippen LogP contribution is -2.29. The van der Waals surface area contributed by atoms with Crippen LogP contribution in [0.25, 0.3) is 10.2 Å². The largest absolute Gasteiger partial charge is 0.462 e. The summed E-state index contributed by atoms with van der Waals surface area (Å²) in [6, 6.07) is 1.84. The Bertz CT molecular complexity index is 1130. The Balaban J connectivity index is 1.85. The van der Waals surface area contributed by atoms with Gasteiger partial charge in [-0.25, -0.2) is 14.8 Å². The number of thiophene rings is 1. The van der Waals surface area contributed by atoms with E-state index in [1.165, 1.54) is 27.7 Å². The fourth-order valence-electron chi connectivity index (χ4n) is 2.65. The molecule has 3 aromatic rings. The molecule has 3 rings (SSSR count). The zero-order chi connectivity index (χ0) is 21.1. The molecule has 3 aromatic heterocycles. The molecule has 0 bridgehead atoms. The van der Waals surface area contributed by atoms with E-state index in [1.54, 1.807) is 13.8 Å². The molecule has 1 N–H and O–H groups in total. The maximum absolute atomic E-state index is 12.9. The number of hydrogen-bond donors (Lipinski definition) is 1. The van der Waals surface area contributed by atoms with E-state index in [0.717, 1.165) is 22.6 Å². The molecule has 0 saturated carbocycles. The third kappa shape index (κ3) is 4.51. The van der Waals surface area contributed by atoms with Gasteiger partial charge in [0.1, 0.15) is 16.3 Å². The number of carbonyl (C=O) groups excluding carboxylic acids is 2. The van der Waals surface area contributed by atoms with Crippen LogP contribution in [-0.4, -0.2) is 39.3 Å². The summed E-state index contributed by atoms with van der Waals surface area (Å²) in [7, 11) is 0. The monoisotopic (exact) mass is 452 g/mol. The summed E-state index contributed by atoms with van der Waals surface area (Å²) in [6.07, 6.45) is 2.63. The molecule has 0 aliphatic heterocycles. The Hall–Kier alpha value is -2.24. The normalized spacial score (nSPS) is 11.0. The predicted molar refractivity (Wildman–Crippen MR) is 116 cm³/mol. The minimum Gasteiger partial charge on any atom is -0.462 e. The number of thiazole rings is 1. The molecule has 0 saturated heterocycles. The Morgan fingerprint density at radius 1 is 1.28 bits per heavy atom. The Morgan fingerprint density at radius 3 is 2.69 bits per heavy atom. The van der Waals surface area contributed by atoms with E-state index in [-0.39, 0.29) is 23.8 Å². The van der Waals surface area contributed by atoms with Gasteiger partial charge in [0.15, 0.2) is 10.3 Å². The van der Waals surface area contributed by atoms with Crippen LogP contribution >= 0.6 is 34.4 Å². The number of thioether (sulfide) groups is 1. The fourth-order valence-corrected chi connectivity index (χ4v) is 5.10. The zero-order valence-electron chi connectivity index (χ0n) is 16.4. The second-order valence-corrected chi connectivity index (χ2v) is 8.86. The van der Waals surface area contributed by atoms with Gasteiger partial charge in [0.25, 0.3) is 5.56 Å². The number of aromatic nitrogens is 3. The van der Waals surface area contributed by atoms with Crippen molar-refractivity contribution < 1.29 is 14.3 Å². The number of anilines is 1. The van der Waals surface area contributed by atoms with Crippen LogP contribution in [0.4, 0.5) is 5.13 Å². The highest BCUT2D eigenvalue weighted by atomic mass is 32.2. The van der Waals surface area contributed by atoms with E-state index in [4.69, 9.17) is 4.74 Å². The molecular weight excluding hydrogens is 432 g/mol. The molecule has 3 heterocycles. The SMILES string of the molecule is CCOC(=O)c1sc(NC(=O)Cn2c(SC)nc3sc(CC)cc3c2=O)nc1C. The lowest BCUT2D eigenvalue weighted by molar-refractivity contribution is -0.116. The number of hydrogen-bond acceptors (Lipinski definition) is 9. The average molecular weight is 453 g/mol. The average Bonchev–Trinajstić information content (AvgIpc) is 3.27. The van der Waals surface area contributed by atoms with Crippen molar-refractivity contribution in [1.82, 2.24) is 14.5 Å². The van der Waals surface area contributed by atoms with Gasteiger partial charge in [-0.05, 0) is 32.6 Å². The van der Waals surface area contributed by atoms with Crippen molar-refractivity contribution >= 4 is 61.7 Å². The van der Waals surface area contributed by atoms with Crippen LogP contribution in [0, 0.1) is 6.92 Å². The molecule has 29 heavy (non-hydrogen) atoms. The molecule has 0 unspecified atom stereocenters. The summed E-state index contributed by atoms with van der Waals surface area (Å²) < 4.78 is 6.35. The van der Waals surface area contributed by atoms with Crippen LogP contribution in [-0.2, 0) is 22.5 Å². The highest BCUT2D eigenvalue weighted by Crippen LogP contribution is 2.25. The first-order chi connectivity index (χ1) is 13.9. The molecule has 0 radical (unpaired) electrons. The van der Waals surface area contributed by atoms with Gasteiger partial charge in [0.05, 0.1) is 17.7 Å². The maximum atomic E-state index is 12.9. The van der Waals surface area contributed by atoms with E-state index in [1.807, 2.05) is 19.2 Å². The zero-order valence-corrected chi connectivity index (χ0v) is 18.8. The van der Waals surface area contributed by atoms with Crippen LogP contribution < -0.4 is 10.9 Å². The topological polar surface area (TPSA) is 103 Å². The second-order valence-electron chi connectivity index (χ2n) is 5.98. The van der Waals surface area contributed by atoms with Gasteiger partial charge < -0.3 is 10.1 Å². The molecular formula is C18H20N4O4S3. The highest BCUT2D eigenvalue weighted by molar-refractivity contribution is 7.98. The third-order valence-electron chi connectivity index (χ3n) is 4.00. The number of esters is 1. The van der Waals surface area contributed by atoms with Crippen LogP contribution in [0.3, 0.4) is 0 Å². The third-order valence-corrected chi connectivity index (χ3v) is 6.91. The van der Waals surface area contributed by atoms with Crippen LogP contribution in [0.1, 0.15) is 34.1 Å². The Kier molecular flexibility index (Phi) is 6.70. The van der Waals surface area contributed by atoms with Crippen LogP contribution in [0.5, 0.6) is 0 Å². The van der Waals surface area contributed by atoms with E-state index in [2.05, 4.69) is 15.3 Å². The standard InChI is InChI=1S/C18H20N4O4S3/c1-5-10-7-11-14(28-10)21-18(27-4)22(15(11)24)8-12(23)20-17-19-9(3)13(29-17)16(25)26-6-2/h7H,5-6,8H2,1-4H3,(H,19,20,23). The Morgan fingerprint density at radius 2 is 2.03 bits per heavy atom. The number of nitrogens with zero attached hydrogens (tertiary/aromatic N) is 3. The van der Waals surface area contributed by atoms with Crippen LogP contribution in [0.2, 0.25) is 0 Å². The van der Waals surface area contributed by atoms with Crippen molar-refractivity contribution in [1.29, 1.82) is 0 Å². The van der Waals surface area contributed by atoms with E-state index in [9.17, 15) is 14.4 Å². The summed E-state index contributed by atoms with van der Waals surface area (Å²) >= 11 is 3.85. The Labute approximate surface area is 179 Å². The molecule has 0 atom stereocenters. The number of ether oxygens (including phenoxy) is 1. The van der Waals surface area contributed by atoms with E-state index in [0.29, 0.717) is 25.9 Å². The van der Waals surface area contributed by atoms with Gasteiger partial charge >= 0.3 is 5.97 Å². The van der Waals surface area contributed by atoms with Gasteiger partial charge in [-0.1, -0.05) is 30.0 Å². The lowest BCUT2D eigenvalue weighted by Gasteiger charge is -2.09. The quantitative estimate of drug-likeness (QED) is 0.333. The van der Waals surface area contributed by atoms with Gasteiger partial charge in [-0.2, -0.15) is 0 Å². The summed E-state index contributed by atoms with van der Waals surface area (Å²) in [4.78, 5) is 48.2. The van der Waals surface area contributed by atoms with Crippen molar-refractivity contribution in [2.24, 2.45) is 0 Å².